The molecule has 0 radical (unpaired) electrons. The number of hydrogen-bond donors (Lipinski definition) is 1. The molecule has 1 N–H and O–H groups in total. The molecule has 3 heteroatoms. The smallest absolute Gasteiger partial charge is 0.137 e. The average Bonchev–Trinajstić information content (AvgIpc) is 3.14. The summed E-state index contributed by atoms with van der Waals surface area (Å²) in [6.45, 7) is 1.88. The van der Waals surface area contributed by atoms with Gasteiger partial charge in [0.05, 0.1) is 4.47 Å². The average molecular weight is 298 g/mol. The van der Waals surface area contributed by atoms with Crippen molar-refractivity contribution in [3.63, 3.8) is 0 Å². The van der Waals surface area contributed by atoms with Gasteiger partial charge in [-0.2, -0.15) is 0 Å². The molecule has 0 unspecified atom stereocenters. The molecule has 0 aromatic heterocycles. The summed E-state index contributed by atoms with van der Waals surface area (Å²) in [5, 5.41) is 3.49. The van der Waals surface area contributed by atoms with Crippen LogP contribution in [0.3, 0.4) is 0 Å². The highest BCUT2D eigenvalue weighted by Gasteiger charge is 2.53. The van der Waals surface area contributed by atoms with E-state index in [1.165, 1.54) is 25.7 Å². The zero-order valence-corrected chi connectivity index (χ0v) is 11.4. The van der Waals surface area contributed by atoms with Crippen LogP contribution in [0.1, 0.15) is 31.2 Å². The van der Waals surface area contributed by atoms with Crippen LogP contribution in [-0.2, 0) is 6.54 Å². The van der Waals surface area contributed by atoms with Gasteiger partial charge in [0.1, 0.15) is 5.82 Å². The van der Waals surface area contributed by atoms with Crippen LogP contribution in [-0.4, -0.2) is 6.54 Å². The lowest BCUT2D eigenvalue weighted by atomic mass is 10.0. The summed E-state index contributed by atoms with van der Waals surface area (Å²) in [5.41, 5.74) is 1.64. The fraction of sp³-hybridized carbons (Fsp3) is 0.571. The molecule has 0 saturated heterocycles. The second-order valence-corrected chi connectivity index (χ2v) is 6.34. The summed E-state index contributed by atoms with van der Waals surface area (Å²) in [6.07, 6.45) is 5.63. The SMILES string of the molecule is Fc1cc(CNCC2(C3CC3)CC2)ccc1Br. The molecule has 1 aromatic carbocycles. The maximum Gasteiger partial charge on any atom is 0.137 e. The summed E-state index contributed by atoms with van der Waals surface area (Å²) in [7, 11) is 0. The molecule has 2 fully saturated rings. The Morgan fingerprint density at radius 3 is 2.71 bits per heavy atom. The zero-order valence-electron chi connectivity index (χ0n) is 9.81. The molecule has 17 heavy (non-hydrogen) atoms. The van der Waals surface area contributed by atoms with E-state index in [4.69, 9.17) is 0 Å². The first-order chi connectivity index (χ1) is 8.20. The first-order valence-electron chi connectivity index (χ1n) is 6.34. The van der Waals surface area contributed by atoms with E-state index in [2.05, 4.69) is 21.2 Å². The molecule has 0 heterocycles. The summed E-state index contributed by atoms with van der Waals surface area (Å²) in [6, 6.07) is 5.35. The fourth-order valence-corrected chi connectivity index (χ4v) is 2.94. The van der Waals surface area contributed by atoms with E-state index < -0.39 is 0 Å². The minimum atomic E-state index is -0.173. The monoisotopic (exact) mass is 297 g/mol. The van der Waals surface area contributed by atoms with Gasteiger partial charge < -0.3 is 5.32 Å². The van der Waals surface area contributed by atoms with Crippen molar-refractivity contribution in [2.45, 2.75) is 32.2 Å². The van der Waals surface area contributed by atoms with Gasteiger partial charge >= 0.3 is 0 Å². The Bertz CT molecular complexity index is 424. The van der Waals surface area contributed by atoms with Gasteiger partial charge in [-0.3, -0.25) is 0 Å². The molecule has 1 aromatic rings. The molecule has 3 rings (SSSR count). The Hall–Kier alpha value is -0.410. The highest BCUT2D eigenvalue weighted by molar-refractivity contribution is 9.10. The lowest BCUT2D eigenvalue weighted by Gasteiger charge is -2.15. The fourth-order valence-electron chi connectivity index (χ4n) is 2.69. The summed E-state index contributed by atoms with van der Waals surface area (Å²) in [5.74, 6) is 0.810. The molecular weight excluding hydrogens is 281 g/mol. The molecule has 2 saturated carbocycles. The van der Waals surface area contributed by atoms with Crippen molar-refractivity contribution >= 4 is 15.9 Å². The summed E-state index contributed by atoms with van der Waals surface area (Å²) in [4.78, 5) is 0. The van der Waals surface area contributed by atoms with Crippen LogP contribution in [0.4, 0.5) is 4.39 Å². The topological polar surface area (TPSA) is 12.0 Å². The van der Waals surface area contributed by atoms with Gasteiger partial charge in [-0.1, -0.05) is 6.07 Å². The van der Waals surface area contributed by atoms with Crippen LogP contribution in [0.25, 0.3) is 0 Å². The van der Waals surface area contributed by atoms with Gasteiger partial charge in [0.2, 0.25) is 0 Å². The molecule has 0 spiro atoms. The Morgan fingerprint density at radius 1 is 1.35 bits per heavy atom. The quantitative estimate of drug-likeness (QED) is 0.870. The van der Waals surface area contributed by atoms with Gasteiger partial charge in [-0.25, -0.2) is 4.39 Å². The maximum absolute atomic E-state index is 13.3. The Morgan fingerprint density at radius 2 is 2.12 bits per heavy atom. The van der Waals surface area contributed by atoms with E-state index in [1.54, 1.807) is 12.1 Å². The van der Waals surface area contributed by atoms with Crippen molar-refractivity contribution in [1.29, 1.82) is 0 Å². The third-order valence-corrected chi connectivity index (χ3v) is 4.77. The van der Waals surface area contributed by atoms with Gasteiger partial charge in [-0.15, -0.1) is 0 Å². The molecule has 0 aliphatic heterocycles. The van der Waals surface area contributed by atoms with Crippen molar-refractivity contribution in [2.75, 3.05) is 6.54 Å². The molecule has 0 bridgehead atoms. The second-order valence-electron chi connectivity index (χ2n) is 5.49. The molecular formula is C14H17BrFN. The van der Waals surface area contributed by atoms with Crippen LogP contribution >= 0.6 is 15.9 Å². The Kier molecular flexibility index (Phi) is 2.99. The Labute approximate surface area is 110 Å². The van der Waals surface area contributed by atoms with Gasteiger partial charge in [-0.05, 0) is 70.6 Å². The molecule has 1 nitrogen and oxygen atoms in total. The first kappa shape index (κ1) is 11.7. The third-order valence-electron chi connectivity index (χ3n) is 4.13. The van der Waals surface area contributed by atoms with Crippen molar-refractivity contribution in [3.8, 4) is 0 Å². The van der Waals surface area contributed by atoms with Gasteiger partial charge in [0.15, 0.2) is 0 Å². The van der Waals surface area contributed by atoms with E-state index in [9.17, 15) is 4.39 Å². The van der Waals surface area contributed by atoms with E-state index in [-0.39, 0.29) is 5.82 Å². The van der Waals surface area contributed by atoms with Crippen LogP contribution < -0.4 is 5.32 Å². The van der Waals surface area contributed by atoms with Crippen LogP contribution in [0.2, 0.25) is 0 Å². The molecule has 2 aliphatic carbocycles. The van der Waals surface area contributed by atoms with Gasteiger partial charge in [0.25, 0.3) is 0 Å². The van der Waals surface area contributed by atoms with Crippen molar-refractivity contribution in [1.82, 2.24) is 5.32 Å². The Balaban J connectivity index is 1.52. The van der Waals surface area contributed by atoms with Crippen LogP contribution in [0.15, 0.2) is 22.7 Å². The predicted octanol–water partition coefficient (Wildman–Crippen LogP) is 3.87. The van der Waals surface area contributed by atoms with E-state index >= 15 is 0 Å². The zero-order chi connectivity index (χ0) is 11.9. The highest BCUT2D eigenvalue weighted by atomic mass is 79.9. The molecule has 2 aliphatic rings. The standard InChI is InChI=1S/C14H17BrFN/c15-12-4-1-10(7-13(12)16)8-17-9-14(5-6-14)11-2-3-11/h1,4,7,11,17H,2-3,5-6,8-9H2. The summed E-state index contributed by atoms with van der Waals surface area (Å²) >= 11 is 3.17. The number of halogens is 2. The molecule has 92 valence electrons. The van der Waals surface area contributed by atoms with Crippen LogP contribution in [0, 0.1) is 17.2 Å². The highest BCUT2D eigenvalue weighted by Crippen LogP contribution is 2.60. The van der Waals surface area contributed by atoms with Crippen molar-refractivity contribution < 1.29 is 4.39 Å². The first-order valence-corrected chi connectivity index (χ1v) is 7.14. The van der Waals surface area contributed by atoms with Crippen LogP contribution in [0.5, 0.6) is 0 Å². The van der Waals surface area contributed by atoms with Gasteiger partial charge in [0, 0.05) is 13.1 Å². The second kappa shape index (κ2) is 4.36. The minimum absolute atomic E-state index is 0.173. The number of nitrogens with one attached hydrogen (secondary N) is 1. The largest absolute Gasteiger partial charge is 0.312 e. The molecule has 0 atom stereocenters. The minimum Gasteiger partial charge on any atom is -0.312 e. The number of benzene rings is 1. The van der Waals surface area contributed by atoms with E-state index in [1.807, 2.05) is 6.07 Å². The maximum atomic E-state index is 13.3. The van der Waals surface area contributed by atoms with E-state index in [0.717, 1.165) is 24.6 Å². The van der Waals surface area contributed by atoms with Crippen molar-refractivity contribution in [3.05, 3.63) is 34.1 Å². The number of rotatable bonds is 5. The lowest BCUT2D eigenvalue weighted by molar-refractivity contribution is 0.403. The third kappa shape index (κ3) is 2.55. The number of hydrogen-bond acceptors (Lipinski definition) is 1. The summed E-state index contributed by atoms with van der Waals surface area (Å²) < 4.78 is 13.9. The normalized spacial score (nSPS) is 21.5. The lowest BCUT2D eigenvalue weighted by Crippen LogP contribution is -2.25. The molecule has 0 amide bonds. The predicted molar refractivity (Wildman–Crippen MR) is 70.2 cm³/mol. The van der Waals surface area contributed by atoms with Crippen molar-refractivity contribution in [2.24, 2.45) is 11.3 Å². The van der Waals surface area contributed by atoms with E-state index in [0.29, 0.717) is 9.89 Å².